The quantitative estimate of drug-likeness (QED) is 0.441. The average Bonchev–Trinajstić information content (AvgIpc) is 3.15. The Bertz CT molecular complexity index is 837. The first kappa shape index (κ1) is 22.0. The summed E-state index contributed by atoms with van der Waals surface area (Å²) >= 11 is 0. The molecule has 1 aromatic carbocycles. The number of aromatic nitrogens is 2. The fraction of sp³-hybridized carbons (Fsp3) is 0.524. The maximum atomic E-state index is 13.0. The van der Waals surface area contributed by atoms with Crippen molar-refractivity contribution in [3.05, 3.63) is 48.0 Å². The second-order valence-corrected chi connectivity index (χ2v) is 7.37. The molecule has 1 fully saturated rings. The molecule has 2 aromatic rings. The molecule has 0 spiro atoms. The molecule has 6 nitrogen and oxygen atoms in total. The summed E-state index contributed by atoms with van der Waals surface area (Å²) in [5.74, 6) is 1.87. The molecule has 1 aliphatic rings. The van der Waals surface area contributed by atoms with E-state index in [0.717, 1.165) is 43.8 Å². The monoisotopic (exact) mass is 422 g/mol. The van der Waals surface area contributed by atoms with Gasteiger partial charge < -0.3 is 19.7 Å². The van der Waals surface area contributed by atoms with E-state index in [2.05, 4.69) is 24.8 Å². The molecular formula is C21H29F3N6. The van der Waals surface area contributed by atoms with Gasteiger partial charge in [0.05, 0.1) is 5.56 Å². The number of hydrogen-bond donors (Lipinski definition) is 1. The SMILES string of the molecule is CN=C(NCCCCn1ccnc1C)N1CCN(c2cccc(C(F)(F)F)c2)CC1. The second-order valence-electron chi connectivity index (χ2n) is 7.37. The minimum atomic E-state index is -4.32. The van der Waals surface area contributed by atoms with Gasteiger partial charge in [0.15, 0.2) is 5.96 Å². The number of nitrogens with one attached hydrogen (secondary N) is 1. The van der Waals surface area contributed by atoms with Gasteiger partial charge in [-0.3, -0.25) is 4.99 Å². The van der Waals surface area contributed by atoms with Crippen molar-refractivity contribution in [2.24, 2.45) is 4.99 Å². The van der Waals surface area contributed by atoms with Gasteiger partial charge in [-0.05, 0) is 38.0 Å². The van der Waals surface area contributed by atoms with E-state index in [0.29, 0.717) is 31.9 Å². The zero-order valence-electron chi connectivity index (χ0n) is 17.5. The lowest BCUT2D eigenvalue weighted by atomic mass is 10.1. The minimum Gasteiger partial charge on any atom is -0.368 e. The molecule has 0 radical (unpaired) electrons. The number of rotatable bonds is 6. The number of guanidine groups is 1. The number of nitrogens with zero attached hydrogens (tertiary/aromatic N) is 5. The molecule has 1 aliphatic heterocycles. The van der Waals surface area contributed by atoms with Gasteiger partial charge in [-0.15, -0.1) is 0 Å². The standard InChI is InChI=1S/C21H29F3N6/c1-17-26-9-11-28(17)10-4-3-8-27-20(25-2)30-14-12-29(13-15-30)19-7-5-6-18(16-19)21(22,23)24/h5-7,9,11,16H,3-4,8,10,12-15H2,1-2H3,(H,25,27). The highest BCUT2D eigenvalue weighted by Crippen LogP contribution is 2.31. The van der Waals surface area contributed by atoms with Crippen LogP contribution in [0.3, 0.4) is 0 Å². The molecule has 1 saturated heterocycles. The summed E-state index contributed by atoms with van der Waals surface area (Å²) in [6, 6.07) is 5.54. The van der Waals surface area contributed by atoms with Crippen LogP contribution >= 0.6 is 0 Å². The highest BCUT2D eigenvalue weighted by Gasteiger charge is 2.31. The largest absolute Gasteiger partial charge is 0.416 e. The lowest BCUT2D eigenvalue weighted by Crippen LogP contribution is -2.52. The number of imidazole rings is 1. The van der Waals surface area contributed by atoms with Crippen molar-refractivity contribution in [3.8, 4) is 0 Å². The molecule has 0 bridgehead atoms. The van der Waals surface area contributed by atoms with Crippen LogP contribution < -0.4 is 10.2 Å². The topological polar surface area (TPSA) is 48.7 Å². The minimum absolute atomic E-state index is 0.606. The molecule has 30 heavy (non-hydrogen) atoms. The van der Waals surface area contributed by atoms with Crippen LogP contribution in [-0.2, 0) is 12.7 Å². The number of aliphatic imine (C=N–C) groups is 1. The highest BCUT2D eigenvalue weighted by molar-refractivity contribution is 5.80. The van der Waals surface area contributed by atoms with E-state index in [1.165, 1.54) is 12.1 Å². The van der Waals surface area contributed by atoms with E-state index < -0.39 is 11.7 Å². The van der Waals surface area contributed by atoms with Crippen LogP contribution in [0.4, 0.5) is 18.9 Å². The van der Waals surface area contributed by atoms with Crippen molar-refractivity contribution in [3.63, 3.8) is 0 Å². The van der Waals surface area contributed by atoms with E-state index in [-0.39, 0.29) is 0 Å². The van der Waals surface area contributed by atoms with Gasteiger partial charge in [0.1, 0.15) is 5.82 Å². The van der Waals surface area contributed by atoms with Crippen molar-refractivity contribution in [2.75, 3.05) is 44.7 Å². The third-order valence-electron chi connectivity index (χ3n) is 5.36. The van der Waals surface area contributed by atoms with E-state index in [9.17, 15) is 13.2 Å². The molecule has 2 heterocycles. The van der Waals surface area contributed by atoms with Gasteiger partial charge in [0.2, 0.25) is 0 Å². The molecule has 3 rings (SSSR count). The number of alkyl halides is 3. The Balaban J connectivity index is 1.43. The zero-order chi connectivity index (χ0) is 21.6. The van der Waals surface area contributed by atoms with Gasteiger partial charge in [0, 0.05) is 64.4 Å². The van der Waals surface area contributed by atoms with Crippen LogP contribution in [0.15, 0.2) is 41.7 Å². The van der Waals surface area contributed by atoms with Crippen molar-refractivity contribution >= 4 is 11.6 Å². The molecule has 0 saturated carbocycles. The predicted molar refractivity (Wildman–Crippen MR) is 113 cm³/mol. The summed E-state index contributed by atoms with van der Waals surface area (Å²) in [7, 11) is 1.76. The van der Waals surface area contributed by atoms with Crippen LogP contribution in [0.1, 0.15) is 24.2 Å². The first-order valence-electron chi connectivity index (χ1n) is 10.2. The number of benzene rings is 1. The summed E-state index contributed by atoms with van der Waals surface area (Å²) in [4.78, 5) is 12.7. The highest BCUT2D eigenvalue weighted by atomic mass is 19.4. The molecule has 0 amide bonds. The number of anilines is 1. The lowest BCUT2D eigenvalue weighted by Gasteiger charge is -2.37. The predicted octanol–water partition coefficient (Wildman–Crippen LogP) is 3.39. The maximum Gasteiger partial charge on any atom is 0.416 e. The zero-order valence-corrected chi connectivity index (χ0v) is 17.5. The van der Waals surface area contributed by atoms with E-state index in [1.807, 2.05) is 24.2 Å². The van der Waals surface area contributed by atoms with Gasteiger partial charge in [-0.1, -0.05) is 6.07 Å². The smallest absolute Gasteiger partial charge is 0.368 e. The molecular weight excluding hydrogens is 393 g/mol. The number of unbranched alkanes of at least 4 members (excludes halogenated alkanes) is 1. The third kappa shape index (κ3) is 5.67. The molecule has 164 valence electrons. The average molecular weight is 422 g/mol. The van der Waals surface area contributed by atoms with Crippen molar-refractivity contribution in [1.82, 2.24) is 19.8 Å². The van der Waals surface area contributed by atoms with Crippen LogP contribution in [0.2, 0.25) is 0 Å². The van der Waals surface area contributed by atoms with Crippen LogP contribution in [0, 0.1) is 6.92 Å². The molecule has 0 aliphatic carbocycles. The van der Waals surface area contributed by atoms with Crippen LogP contribution in [0.5, 0.6) is 0 Å². The summed E-state index contributed by atoms with van der Waals surface area (Å²) in [6.07, 6.45) is 1.55. The van der Waals surface area contributed by atoms with E-state index in [4.69, 9.17) is 0 Å². The summed E-state index contributed by atoms with van der Waals surface area (Å²) < 4.78 is 41.0. The van der Waals surface area contributed by atoms with Gasteiger partial charge in [-0.2, -0.15) is 13.2 Å². The number of piperazine rings is 1. The first-order chi connectivity index (χ1) is 14.4. The Morgan fingerprint density at radius 2 is 1.93 bits per heavy atom. The van der Waals surface area contributed by atoms with Gasteiger partial charge in [0.25, 0.3) is 0 Å². The summed E-state index contributed by atoms with van der Waals surface area (Å²) in [5, 5.41) is 3.40. The molecule has 9 heteroatoms. The van der Waals surface area contributed by atoms with Crippen LogP contribution in [-0.4, -0.2) is 60.2 Å². The summed E-state index contributed by atoms with van der Waals surface area (Å²) in [5.41, 5.74) is 0.00742. The molecule has 0 unspecified atom stereocenters. The van der Waals surface area contributed by atoms with E-state index >= 15 is 0 Å². The third-order valence-corrected chi connectivity index (χ3v) is 5.36. The first-order valence-corrected chi connectivity index (χ1v) is 10.2. The normalized spacial score (nSPS) is 15.6. The van der Waals surface area contributed by atoms with Crippen molar-refractivity contribution in [1.29, 1.82) is 0 Å². The van der Waals surface area contributed by atoms with Gasteiger partial charge >= 0.3 is 6.18 Å². The Morgan fingerprint density at radius 3 is 2.57 bits per heavy atom. The fourth-order valence-corrected chi connectivity index (χ4v) is 3.64. The van der Waals surface area contributed by atoms with Crippen LogP contribution in [0.25, 0.3) is 0 Å². The number of halogens is 3. The number of hydrogen-bond acceptors (Lipinski definition) is 3. The Labute approximate surface area is 175 Å². The molecule has 1 aromatic heterocycles. The fourth-order valence-electron chi connectivity index (χ4n) is 3.64. The van der Waals surface area contributed by atoms with Crippen molar-refractivity contribution < 1.29 is 13.2 Å². The Kier molecular flexibility index (Phi) is 7.23. The molecule has 1 N–H and O–H groups in total. The summed E-state index contributed by atoms with van der Waals surface area (Å²) in [6.45, 7) is 6.51. The lowest BCUT2D eigenvalue weighted by molar-refractivity contribution is -0.137. The van der Waals surface area contributed by atoms with Gasteiger partial charge in [-0.25, -0.2) is 4.98 Å². The Hall–Kier alpha value is -2.71. The second kappa shape index (κ2) is 9.86. The Morgan fingerprint density at radius 1 is 1.17 bits per heavy atom. The van der Waals surface area contributed by atoms with Crippen molar-refractivity contribution in [2.45, 2.75) is 32.5 Å². The maximum absolute atomic E-state index is 13.0. The number of aryl methyl sites for hydroxylation is 2. The van der Waals surface area contributed by atoms with E-state index in [1.54, 1.807) is 13.1 Å². The molecule has 0 atom stereocenters.